The predicted molar refractivity (Wildman–Crippen MR) is 112 cm³/mol. The third kappa shape index (κ3) is 5.11. The van der Waals surface area contributed by atoms with Crippen LogP contribution in [0.2, 0.25) is 5.02 Å². The zero-order chi connectivity index (χ0) is 19.4. The van der Waals surface area contributed by atoms with Crippen LogP contribution in [0, 0.1) is 12.8 Å². The van der Waals surface area contributed by atoms with Crippen LogP contribution >= 0.6 is 27.5 Å². The molecule has 1 aliphatic carbocycles. The highest BCUT2D eigenvalue weighted by Gasteiger charge is 2.26. The Labute approximate surface area is 172 Å². The Kier molecular flexibility index (Phi) is 6.55. The molecule has 0 saturated heterocycles. The number of hydrogen-bond acceptors (Lipinski definition) is 3. The molecule has 27 heavy (non-hydrogen) atoms. The number of nitrogens with one attached hydrogen (secondary N) is 1. The summed E-state index contributed by atoms with van der Waals surface area (Å²) < 4.78 is 0.607. The van der Waals surface area contributed by atoms with Crippen LogP contribution in [0.5, 0.6) is 5.75 Å². The van der Waals surface area contributed by atoms with Gasteiger partial charge in [-0.2, -0.15) is 5.10 Å². The average Bonchev–Trinajstić information content (AvgIpc) is 2.66. The molecule has 2 aromatic carbocycles. The summed E-state index contributed by atoms with van der Waals surface area (Å²) in [5.74, 6) is 0.676. The summed E-state index contributed by atoms with van der Waals surface area (Å²) in [5.41, 5.74) is 5.50. The molecule has 4 nitrogen and oxygen atoms in total. The smallest absolute Gasteiger partial charge is 0.243 e. The largest absolute Gasteiger partial charge is 0.506 e. The molecular weight excluding hydrogens is 428 g/mol. The van der Waals surface area contributed by atoms with E-state index >= 15 is 0 Å². The van der Waals surface area contributed by atoms with Gasteiger partial charge in [0.05, 0.1) is 10.7 Å². The number of phenolic OH excluding ortho intramolecular Hbond substituents is 1. The number of hydrazone groups is 1. The van der Waals surface area contributed by atoms with Crippen molar-refractivity contribution >= 4 is 39.7 Å². The molecule has 0 spiro atoms. The van der Waals surface area contributed by atoms with E-state index < -0.39 is 0 Å². The van der Waals surface area contributed by atoms with Crippen molar-refractivity contribution < 1.29 is 9.90 Å². The van der Waals surface area contributed by atoms with Crippen molar-refractivity contribution in [3.05, 3.63) is 62.6 Å². The molecule has 0 aromatic heterocycles. The lowest BCUT2D eigenvalue weighted by Gasteiger charge is -2.27. The van der Waals surface area contributed by atoms with Gasteiger partial charge in [0.25, 0.3) is 0 Å². The third-order valence-electron chi connectivity index (χ3n) is 5.10. The van der Waals surface area contributed by atoms with Gasteiger partial charge in [0, 0.05) is 10.9 Å². The van der Waals surface area contributed by atoms with Crippen LogP contribution in [0.4, 0.5) is 0 Å². The Hall–Kier alpha value is -1.85. The van der Waals surface area contributed by atoms with Crippen LogP contribution in [0.3, 0.4) is 0 Å². The summed E-state index contributed by atoms with van der Waals surface area (Å²) in [6.07, 6.45) is 5.30. The molecule has 0 bridgehead atoms. The minimum absolute atomic E-state index is 0.000935. The molecular formula is C21H22BrClN2O2. The molecule has 0 radical (unpaired) electrons. The van der Waals surface area contributed by atoms with Gasteiger partial charge in [-0.25, -0.2) is 5.43 Å². The second kappa shape index (κ2) is 8.89. The number of hydrogen-bond donors (Lipinski definition) is 2. The van der Waals surface area contributed by atoms with Crippen LogP contribution < -0.4 is 5.43 Å². The fourth-order valence-corrected chi connectivity index (χ4v) is 4.23. The van der Waals surface area contributed by atoms with Crippen LogP contribution in [0.15, 0.2) is 46.0 Å². The number of aromatic hydroxyl groups is 1. The lowest BCUT2D eigenvalue weighted by molar-refractivity contribution is -0.126. The zero-order valence-corrected chi connectivity index (χ0v) is 17.4. The Balaban J connectivity index is 1.51. The number of amides is 1. The molecule has 142 valence electrons. The maximum absolute atomic E-state index is 12.4. The van der Waals surface area contributed by atoms with Crippen molar-refractivity contribution in [1.29, 1.82) is 0 Å². The SMILES string of the molecule is Cc1cc(/C=N/NC(=O)C2CCC(c3ccc(Cl)cc3)CC2)cc(Br)c1O. The van der Waals surface area contributed by atoms with E-state index in [1.54, 1.807) is 12.3 Å². The van der Waals surface area contributed by atoms with Crippen LogP contribution in [-0.4, -0.2) is 17.2 Å². The van der Waals surface area contributed by atoms with Gasteiger partial charge >= 0.3 is 0 Å². The van der Waals surface area contributed by atoms with Crippen molar-refractivity contribution in [1.82, 2.24) is 5.43 Å². The van der Waals surface area contributed by atoms with Gasteiger partial charge < -0.3 is 5.11 Å². The molecule has 1 amide bonds. The summed E-state index contributed by atoms with van der Waals surface area (Å²) in [4.78, 5) is 12.4. The third-order valence-corrected chi connectivity index (χ3v) is 5.96. The molecule has 1 fully saturated rings. The van der Waals surface area contributed by atoms with Gasteiger partial charge in [-0.1, -0.05) is 23.7 Å². The first-order valence-electron chi connectivity index (χ1n) is 9.01. The van der Waals surface area contributed by atoms with Crippen molar-refractivity contribution in [2.45, 2.75) is 38.5 Å². The number of carbonyl (C=O) groups excluding carboxylic acids is 1. The summed E-state index contributed by atoms with van der Waals surface area (Å²) >= 11 is 9.25. The van der Waals surface area contributed by atoms with E-state index in [0.717, 1.165) is 41.8 Å². The van der Waals surface area contributed by atoms with E-state index in [-0.39, 0.29) is 17.6 Å². The van der Waals surface area contributed by atoms with E-state index in [1.165, 1.54) is 5.56 Å². The number of aryl methyl sites for hydroxylation is 1. The maximum atomic E-state index is 12.4. The number of benzene rings is 2. The highest BCUT2D eigenvalue weighted by Crippen LogP contribution is 2.36. The van der Waals surface area contributed by atoms with Crippen molar-refractivity contribution in [3.8, 4) is 5.75 Å². The number of halogens is 2. The molecule has 1 aliphatic rings. The van der Waals surface area contributed by atoms with Crippen molar-refractivity contribution in [2.75, 3.05) is 0 Å². The molecule has 0 heterocycles. The minimum atomic E-state index is -0.0321. The van der Waals surface area contributed by atoms with Crippen LogP contribution in [-0.2, 0) is 4.79 Å². The fourth-order valence-electron chi connectivity index (χ4n) is 3.52. The standard InChI is InChI=1S/C21H22BrClN2O2/c1-13-10-14(11-19(22)20(13)26)12-24-25-21(27)17-4-2-15(3-5-17)16-6-8-18(23)9-7-16/h6-12,15,17,26H,2-5H2,1H3,(H,25,27)/b24-12+. The van der Waals surface area contributed by atoms with Gasteiger partial charge in [0.1, 0.15) is 5.75 Å². The van der Waals surface area contributed by atoms with E-state index in [1.807, 2.05) is 25.1 Å². The lowest BCUT2D eigenvalue weighted by atomic mass is 9.78. The zero-order valence-electron chi connectivity index (χ0n) is 15.1. The monoisotopic (exact) mass is 448 g/mol. The average molecular weight is 450 g/mol. The fraction of sp³-hybridized carbons (Fsp3) is 0.333. The van der Waals surface area contributed by atoms with E-state index in [9.17, 15) is 9.90 Å². The molecule has 0 unspecified atom stereocenters. The summed E-state index contributed by atoms with van der Waals surface area (Å²) in [7, 11) is 0. The van der Waals surface area contributed by atoms with E-state index in [2.05, 4.69) is 38.6 Å². The molecule has 0 atom stereocenters. The van der Waals surface area contributed by atoms with Gasteiger partial charge in [0.2, 0.25) is 5.91 Å². The normalized spacial score (nSPS) is 20.0. The second-order valence-corrected chi connectivity index (χ2v) is 8.29. The Morgan fingerprint density at radius 2 is 1.89 bits per heavy atom. The van der Waals surface area contributed by atoms with E-state index in [4.69, 9.17) is 11.6 Å². The van der Waals surface area contributed by atoms with Gasteiger partial charge in [-0.05, 0) is 95.4 Å². The van der Waals surface area contributed by atoms with Crippen molar-refractivity contribution in [2.24, 2.45) is 11.0 Å². The molecule has 6 heteroatoms. The number of phenols is 1. The molecule has 2 aromatic rings. The first kappa shape index (κ1) is 19.9. The van der Waals surface area contributed by atoms with Crippen LogP contribution in [0.1, 0.15) is 48.3 Å². The molecule has 2 N–H and O–H groups in total. The van der Waals surface area contributed by atoms with E-state index in [0.29, 0.717) is 10.4 Å². The van der Waals surface area contributed by atoms with Gasteiger partial charge in [-0.15, -0.1) is 0 Å². The van der Waals surface area contributed by atoms with Gasteiger partial charge in [-0.3, -0.25) is 4.79 Å². The number of carbonyl (C=O) groups is 1. The molecule has 1 saturated carbocycles. The highest BCUT2D eigenvalue weighted by atomic mass is 79.9. The maximum Gasteiger partial charge on any atom is 0.243 e. The Bertz CT molecular complexity index is 821. The Morgan fingerprint density at radius 3 is 2.52 bits per heavy atom. The number of rotatable bonds is 4. The van der Waals surface area contributed by atoms with Crippen molar-refractivity contribution in [3.63, 3.8) is 0 Å². The lowest BCUT2D eigenvalue weighted by Crippen LogP contribution is -2.29. The summed E-state index contributed by atoms with van der Waals surface area (Å²) in [6, 6.07) is 11.6. The summed E-state index contributed by atoms with van der Waals surface area (Å²) in [6.45, 7) is 1.81. The quantitative estimate of drug-likeness (QED) is 0.475. The Morgan fingerprint density at radius 1 is 1.22 bits per heavy atom. The first-order chi connectivity index (χ1) is 12.9. The highest BCUT2D eigenvalue weighted by molar-refractivity contribution is 9.10. The summed E-state index contributed by atoms with van der Waals surface area (Å²) in [5, 5.41) is 14.6. The minimum Gasteiger partial charge on any atom is -0.506 e. The first-order valence-corrected chi connectivity index (χ1v) is 10.2. The predicted octanol–water partition coefficient (Wildman–Crippen LogP) is 5.54. The molecule has 3 rings (SSSR count). The molecule has 0 aliphatic heterocycles. The van der Waals surface area contributed by atoms with Gasteiger partial charge in [0.15, 0.2) is 0 Å². The number of nitrogens with zero attached hydrogens (tertiary/aromatic N) is 1. The second-order valence-electron chi connectivity index (χ2n) is 7.00. The topological polar surface area (TPSA) is 61.7 Å². The van der Waals surface area contributed by atoms with Crippen LogP contribution in [0.25, 0.3) is 0 Å².